The van der Waals surface area contributed by atoms with Crippen molar-refractivity contribution in [3.05, 3.63) is 77.8 Å². The van der Waals surface area contributed by atoms with Gasteiger partial charge in [-0.1, -0.05) is 59.8 Å². The number of aromatic nitrogens is 3. The predicted octanol–water partition coefficient (Wildman–Crippen LogP) is 5.14. The number of carbonyl (C=O) groups excluding carboxylic acids is 1. The van der Waals surface area contributed by atoms with Gasteiger partial charge in [0.25, 0.3) is 0 Å². The van der Waals surface area contributed by atoms with Crippen LogP contribution in [0.3, 0.4) is 0 Å². The van der Waals surface area contributed by atoms with E-state index < -0.39 is 0 Å². The number of amides is 1. The maximum Gasteiger partial charge on any atom is 0.233 e. The molecule has 0 spiro atoms. The first kappa shape index (κ1) is 21.1. The largest absolute Gasteiger partial charge is 0.349 e. The summed E-state index contributed by atoms with van der Waals surface area (Å²) in [7, 11) is 0. The lowest BCUT2D eigenvalue weighted by molar-refractivity contribution is -0.120. The maximum absolute atomic E-state index is 12.7. The van der Waals surface area contributed by atoms with E-state index in [1.54, 1.807) is 6.08 Å². The van der Waals surface area contributed by atoms with Gasteiger partial charge >= 0.3 is 0 Å². The topological polar surface area (TPSA) is 59.8 Å². The van der Waals surface area contributed by atoms with E-state index in [0.29, 0.717) is 22.5 Å². The Labute approximate surface area is 180 Å². The van der Waals surface area contributed by atoms with Crippen LogP contribution >= 0.6 is 23.4 Å². The molecule has 3 rings (SSSR count). The van der Waals surface area contributed by atoms with Gasteiger partial charge in [-0.3, -0.25) is 9.36 Å². The fourth-order valence-corrected chi connectivity index (χ4v) is 3.84. The second-order valence-corrected chi connectivity index (χ2v) is 8.36. The normalized spacial score (nSPS) is 12.9. The summed E-state index contributed by atoms with van der Waals surface area (Å²) in [5.41, 5.74) is 1.98. The van der Waals surface area contributed by atoms with Crippen molar-refractivity contribution >= 4 is 29.3 Å². The minimum absolute atomic E-state index is 0.0486. The van der Waals surface area contributed by atoms with E-state index in [2.05, 4.69) is 22.1 Å². The van der Waals surface area contributed by atoms with Crippen LogP contribution in [0.1, 0.15) is 25.5 Å². The van der Waals surface area contributed by atoms with Crippen LogP contribution in [0.25, 0.3) is 11.4 Å². The molecule has 3 aromatic rings. The van der Waals surface area contributed by atoms with Gasteiger partial charge in [0, 0.05) is 17.1 Å². The highest BCUT2D eigenvalue weighted by molar-refractivity contribution is 8.00. The van der Waals surface area contributed by atoms with E-state index in [4.69, 9.17) is 11.6 Å². The second-order valence-electron chi connectivity index (χ2n) is 6.61. The van der Waals surface area contributed by atoms with Crippen LogP contribution in [0.15, 0.2) is 72.4 Å². The Morgan fingerprint density at radius 3 is 2.52 bits per heavy atom. The summed E-state index contributed by atoms with van der Waals surface area (Å²) in [5.74, 6) is 0.668. The van der Waals surface area contributed by atoms with Crippen molar-refractivity contribution in [2.75, 3.05) is 0 Å². The van der Waals surface area contributed by atoms with Crippen LogP contribution in [-0.4, -0.2) is 25.9 Å². The van der Waals surface area contributed by atoms with Crippen LogP contribution < -0.4 is 5.32 Å². The summed E-state index contributed by atoms with van der Waals surface area (Å²) >= 11 is 7.36. The zero-order valence-electron chi connectivity index (χ0n) is 16.4. The van der Waals surface area contributed by atoms with Crippen LogP contribution in [-0.2, 0) is 11.3 Å². The molecule has 29 heavy (non-hydrogen) atoms. The Kier molecular flexibility index (Phi) is 7.12. The molecule has 0 aliphatic rings. The van der Waals surface area contributed by atoms with Gasteiger partial charge in [0.05, 0.1) is 11.3 Å². The van der Waals surface area contributed by atoms with Crippen molar-refractivity contribution in [2.45, 2.75) is 36.8 Å². The van der Waals surface area contributed by atoms with Gasteiger partial charge < -0.3 is 5.32 Å². The molecule has 7 heteroatoms. The molecule has 0 aliphatic carbocycles. The fourth-order valence-electron chi connectivity index (χ4n) is 2.85. The Hall–Kier alpha value is -2.57. The van der Waals surface area contributed by atoms with Crippen molar-refractivity contribution in [3.63, 3.8) is 0 Å². The lowest BCUT2D eigenvalue weighted by Gasteiger charge is -2.17. The molecule has 0 saturated heterocycles. The molecular weight excluding hydrogens is 404 g/mol. The van der Waals surface area contributed by atoms with Crippen LogP contribution in [0, 0.1) is 0 Å². The lowest BCUT2D eigenvalue weighted by atomic mass is 10.1. The number of carbonyl (C=O) groups is 1. The molecule has 0 saturated carbocycles. The summed E-state index contributed by atoms with van der Waals surface area (Å²) in [6.07, 6.45) is 1.79. The Morgan fingerprint density at radius 2 is 1.86 bits per heavy atom. The summed E-state index contributed by atoms with van der Waals surface area (Å²) < 4.78 is 1.95. The molecule has 1 N–H and O–H groups in total. The Morgan fingerprint density at radius 1 is 1.17 bits per heavy atom. The maximum atomic E-state index is 12.7. The zero-order valence-corrected chi connectivity index (χ0v) is 18.0. The molecule has 1 heterocycles. The van der Waals surface area contributed by atoms with Gasteiger partial charge in [0.2, 0.25) is 5.91 Å². The van der Waals surface area contributed by atoms with Crippen LogP contribution in [0.4, 0.5) is 0 Å². The van der Waals surface area contributed by atoms with Gasteiger partial charge in [-0.05, 0) is 43.7 Å². The van der Waals surface area contributed by atoms with Gasteiger partial charge in [0.1, 0.15) is 0 Å². The van der Waals surface area contributed by atoms with Crippen molar-refractivity contribution in [2.24, 2.45) is 0 Å². The minimum Gasteiger partial charge on any atom is -0.349 e. The van der Waals surface area contributed by atoms with E-state index in [1.807, 2.05) is 73.0 Å². The van der Waals surface area contributed by atoms with Crippen molar-refractivity contribution < 1.29 is 4.79 Å². The van der Waals surface area contributed by atoms with Gasteiger partial charge in [-0.2, -0.15) is 0 Å². The standard InChI is InChI=1S/C22H23ClN4OS/c1-4-14-27-20(18-10-12-19(23)13-11-18)25-26-22(27)29-16(3)21(28)24-15(2)17-8-6-5-7-9-17/h4-13,15-16H,1,14H2,2-3H3,(H,24,28). The SMILES string of the molecule is C=CCn1c(SC(C)C(=O)NC(C)c2ccccc2)nnc1-c1ccc(Cl)cc1. The third-order valence-corrected chi connectivity index (χ3v) is 5.77. The molecule has 2 unspecified atom stereocenters. The average molecular weight is 427 g/mol. The average Bonchev–Trinajstić information content (AvgIpc) is 3.11. The van der Waals surface area contributed by atoms with Crippen LogP contribution in [0.2, 0.25) is 5.02 Å². The molecule has 0 aliphatic heterocycles. The van der Waals surface area contributed by atoms with E-state index in [0.717, 1.165) is 11.1 Å². The molecule has 5 nitrogen and oxygen atoms in total. The first-order valence-corrected chi connectivity index (χ1v) is 10.6. The first-order chi connectivity index (χ1) is 14.0. The van der Waals surface area contributed by atoms with Crippen LogP contribution in [0.5, 0.6) is 0 Å². The number of hydrogen-bond donors (Lipinski definition) is 1. The number of nitrogens with one attached hydrogen (secondary N) is 1. The fraction of sp³-hybridized carbons (Fsp3) is 0.227. The molecule has 0 fully saturated rings. The Bertz CT molecular complexity index is 972. The van der Waals surface area contributed by atoms with Gasteiger partial charge in [-0.25, -0.2) is 0 Å². The van der Waals surface area contributed by atoms with Crippen molar-refractivity contribution in [3.8, 4) is 11.4 Å². The quantitative estimate of drug-likeness (QED) is 0.400. The minimum atomic E-state index is -0.327. The van der Waals surface area contributed by atoms with E-state index >= 15 is 0 Å². The number of nitrogens with zero attached hydrogens (tertiary/aromatic N) is 3. The summed E-state index contributed by atoms with van der Waals surface area (Å²) in [4.78, 5) is 12.7. The van der Waals surface area contributed by atoms with Gasteiger partial charge in [-0.15, -0.1) is 16.8 Å². The second kappa shape index (κ2) is 9.76. The summed E-state index contributed by atoms with van der Waals surface area (Å²) in [6, 6.07) is 17.3. The van der Waals surface area contributed by atoms with E-state index in [1.165, 1.54) is 11.8 Å². The molecular formula is C22H23ClN4OS. The molecule has 2 atom stereocenters. The van der Waals surface area contributed by atoms with Crippen molar-refractivity contribution in [1.82, 2.24) is 20.1 Å². The molecule has 2 aromatic carbocycles. The summed E-state index contributed by atoms with van der Waals surface area (Å²) in [6.45, 7) is 8.21. The lowest BCUT2D eigenvalue weighted by Crippen LogP contribution is -2.33. The monoisotopic (exact) mass is 426 g/mol. The molecule has 0 bridgehead atoms. The number of hydrogen-bond acceptors (Lipinski definition) is 4. The zero-order chi connectivity index (χ0) is 20.8. The number of halogens is 1. The highest BCUT2D eigenvalue weighted by atomic mass is 35.5. The van der Waals surface area contributed by atoms with Gasteiger partial charge in [0.15, 0.2) is 11.0 Å². The molecule has 0 radical (unpaired) electrons. The summed E-state index contributed by atoms with van der Waals surface area (Å²) in [5, 5.41) is 12.7. The highest BCUT2D eigenvalue weighted by Crippen LogP contribution is 2.28. The number of rotatable bonds is 8. The molecule has 150 valence electrons. The smallest absolute Gasteiger partial charge is 0.233 e. The number of benzene rings is 2. The molecule has 1 amide bonds. The predicted molar refractivity (Wildman–Crippen MR) is 119 cm³/mol. The first-order valence-electron chi connectivity index (χ1n) is 9.31. The number of allylic oxidation sites excluding steroid dienone is 1. The van der Waals surface area contributed by atoms with Crippen molar-refractivity contribution in [1.29, 1.82) is 0 Å². The third kappa shape index (κ3) is 5.28. The third-order valence-electron chi connectivity index (χ3n) is 4.44. The molecule has 1 aromatic heterocycles. The number of thioether (sulfide) groups is 1. The Balaban J connectivity index is 1.74. The van der Waals surface area contributed by atoms with E-state index in [-0.39, 0.29) is 17.2 Å². The highest BCUT2D eigenvalue weighted by Gasteiger charge is 2.21. The van der Waals surface area contributed by atoms with E-state index in [9.17, 15) is 4.79 Å².